The van der Waals surface area contributed by atoms with Crippen LogP contribution in [-0.4, -0.2) is 54.0 Å². The maximum absolute atomic E-state index is 4.47. The molecule has 1 N–H and O–H groups in total. The number of thiazole rings is 1. The van der Waals surface area contributed by atoms with Crippen LogP contribution in [0.25, 0.3) is 0 Å². The summed E-state index contributed by atoms with van der Waals surface area (Å²) >= 11 is 7.14. The number of guanidine groups is 1. The second-order valence-electron chi connectivity index (χ2n) is 5.94. The first-order chi connectivity index (χ1) is 12.2. The topological polar surface area (TPSA) is 43.8 Å². The van der Waals surface area contributed by atoms with Gasteiger partial charge in [-0.3, -0.25) is 9.89 Å². The molecule has 2 aromatic rings. The lowest BCUT2D eigenvalue weighted by molar-refractivity contribution is 0.173. The van der Waals surface area contributed by atoms with Gasteiger partial charge < -0.3 is 10.2 Å². The quantitative estimate of drug-likeness (QED) is 0.569. The molecule has 1 aliphatic heterocycles. The summed E-state index contributed by atoms with van der Waals surface area (Å²) in [4.78, 5) is 16.5. The molecule has 8 heteroatoms. The highest BCUT2D eigenvalue weighted by molar-refractivity contribution is 9.11. The van der Waals surface area contributed by atoms with Gasteiger partial charge in [0.2, 0.25) is 0 Å². The van der Waals surface area contributed by atoms with E-state index in [0.717, 1.165) is 56.7 Å². The van der Waals surface area contributed by atoms with Crippen LogP contribution in [-0.2, 0) is 19.5 Å². The molecule has 136 valence electrons. The highest BCUT2D eigenvalue weighted by Gasteiger charge is 2.20. The zero-order valence-electron chi connectivity index (χ0n) is 14.7. The van der Waals surface area contributed by atoms with Gasteiger partial charge in [-0.15, -0.1) is 22.7 Å². The van der Waals surface area contributed by atoms with Crippen LogP contribution in [0.5, 0.6) is 0 Å². The molecule has 0 bridgehead atoms. The first-order valence-electron chi connectivity index (χ1n) is 8.53. The van der Waals surface area contributed by atoms with Gasteiger partial charge in [0.05, 0.1) is 10.3 Å². The smallest absolute Gasteiger partial charge is 0.194 e. The molecule has 3 heterocycles. The lowest BCUT2D eigenvalue weighted by Crippen LogP contribution is -2.51. The van der Waals surface area contributed by atoms with Crippen LogP contribution < -0.4 is 5.32 Å². The molecule has 0 unspecified atom stereocenters. The number of aromatic nitrogens is 1. The number of piperazine rings is 1. The molecule has 1 aliphatic rings. The summed E-state index contributed by atoms with van der Waals surface area (Å²) in [5, 5.41) is 4.59. The van der Waals surface area contributed by atoms with E-state index < -0.39 is 0 Å². The molecule has 0 spiro atoms. The van der Waals surface area contributed by atoms with Gasteiger partial charge in [-0.2, -0.15) is 0 Å². The molecule has 2 aromatic heterocycles. The van der Waals surface area contributed by atoms with Crippen molar-refractivity contribution in [1.29, 1.82) is 0 Å². The third kappa shape index (κ3) is 5.26. The Morgan fingerprint density at radius 3 is 2.64 bits per heavy atom. The van der Waals surface area contributed by atoms with E-state index in [9.17, 15) is 0 Å². The molecular formula is C17H24BrN5S2. The molecule has 0 saturated carbocycles. The Morgan fingerprint density at radius 2 is 2.04 bits per heavy atom. The number of aliphatic imine (C=N–C) groups is 1. The molecule has 0 radical (unpaired) electrons. The number of hydrogen-bond donors (Lipinski definition) is 1. The monoisotopic (exact) mass is 441 g/mol. The summed E-state index contributed by atoms with van der Waals surface area (Å²) in [7, 11) is 1.86. The molecule has 0 amide bonds. The fourth-order valence-electron chi connectivity index (χ4n) is 2.86. The third-order valence-electron chi connectivity index (χ3n) is 4.24. The third-order valence-corrected chi connectivity index (χ3v) is 6.99. The van der Waals surface area contributed by atoms with Crippen LogP contribution in [0.3, 0.4) is 0 Å². The Morgan fingerprint density at radius 1 is 1.24 bits per heavy atom. The molecule has 3 rings (SSSR count). The van der Waals surface area contributed by atoms with Crippen molar-refractivity contribution in [3.05, 3.63) is 36.9 Å². The van der Waals surface area contributed by atoms with Gasteiger partial charge in [-0.05, 0) is 34.5 Å². The maximum atomic E-state index is 4.47. The van der Waals surface area contributed by atoms with Gasteiger partial charge in [-0.1, -0.05) is 6.92 Å². The van der Waals surface area contributed by atoms with Crippen molar-refractivity contribution in [3.8, 4) is 0 Å². The van der Waals surface area contributed by atoms with Crippen molar-refractivity contribution >= 4 is 44.6 Å². The van der Waals surface area contributed by atoms with Gasteiger partial charge in [0.1, 0.15) is 5.01 Å². The van der Waals surface area contributed by atoms with Crippen molar-refractivity contribution in [1.82, 2.24) is 20.1 Å². The van der Waals surface area contributed by atoms with E-state index >= 15 is 0 Å². The summed E-state index contributed by atoms with van der Waals surface area (Å²) in [5.74, 6) is 0.978. The molecule has 0 atom stereocenters. The normalized spacial score (nSPS) is 16.4. The van der Waals surface area contributed by atoms with Crippen LogP contribution in [0.15, 0.2) is 27.1 Å². The second kappa shape index (κ2) is 9.12. The lowest BCUT2D eigenvalue weighted by Gasteiger charge is -2.36. The number of nitrogens with one attached hydrogen (secondary N) is 1. The molecule has 1 fully saturated rings. The average Bonchev–Trinajstić information content (AvgIpc) is 3.25. The fourth-order valence-corrected chi connectivity index (χ4v) is 5.18. The SMILES string of the molecule is CCc1cnc(CNC(=NC)N2CCN(Cc3ccc(Br)s3)CC2)s1. The zero-order valence-corrected chi connectivity index (χ0v) is 17.9. The molecule has 0 aliphatic carbocycles. The highest BCUT2D eigenvalue weighted by Crippen LogP contribution is 2.23. The minimum Gasteiger partial charge on any atom is -0.350 e. The number of nitrogens with zero attached hydrogens (tertiary/aromatic N) is 4. The molecule has 5 nitrogen and oxygen atoms in total. The fraction of sp³-hybridized carbons (Fsp3) is 0.529. The van der Waals surface area contributed by atoms with Crippen LogP contribution >= 0.6 is 38.6 Å². The summed E-state index contributed by atoms with van der Waals surface area (Å²) in [6.07, 6.45) is 3.03. The second-order valence-corrected chi connectivity index (χ2v) is 9.69. The first-order valence-corrected chi connectivity index (χ1v) is 11.0. The molecular weight excluding hydrogens is 418 g/mol. The lowest BCUT2D eigenvalue weighted by atomic mass is 10.3. The van der Waals surface area contributed by atoms with E-state index in [4.69, 9.17) is 0 Å². The Kier molecular flexibility index (Phi) is 6.86. The maximum Gasteiger partial charge on any atom is 0.194 e. The van der Waals surface area contributed by atoms with Gasteiger partial charge in [0, 0.05) is 55.7 Å². The summed E-state index contributed by atoms with van der Waals surface area (Å²) < 4.78 is 1.21. The van der Waals surface area contributed by atoms with Crippen LogP contribution in [0.2, 0.25) is 0 Å². The zero-order chi connectivity index (χ0) is 17.6. The van der Waals surface area contributed by atoms with Crippen LogP contribution in [0.1, 0.15) is 21.7 Å². The largest absolute Gasteiger partial charge is 0.350 e. The van der Waals surface area contributed by atoms with Crippen molar-refractivity contribution in [3.63, 3.8) is 0 Å². The molecule has 1 saturated heterocycles. The van der Waals surface area contributed by atoms with E-state index in [-0.39, 0.29) is 0 Å². The van der Waals surface area contributed by atoms with E-state index in [1.807, 2.05) is 24.6 Å². The average molecular weight is 442 g/mol. The Labute approximate surface area is 165 Å². The Bertz CT molecular complexity index is 703. The van der Waals surface area contributed by atoms with Gasteiger partial charge in [0.15, 0.2) is 5.96 Å². The van der Waals surface area contributed by atoms with Crippen molar-refractivity contribution in [2.24, 2.45) is 4.99 Å². The number of thiophene rings is 1. The predicted molar refractivity (Wildman–Crippen MR) is 111 cm³/mol. The predicted octanol–water partition coefficient (Wildman–Crippen LogP) is 3.42. The van der Waals surface area contributed by atoms with E-state index in [0.29, 0.717) is 0 Å². The first kappa shape index (κ1) is 18.8. The summed E-state index contributed by atoms with van der Waals surface area (Å²) in [5.41, 5.74) is 0. The molecule has 0 aromatic carbocycles. The van der Waals surface area contributed by atoms with Gasteiger partial charge >= 0.3 is 0 Å². The highest BCUT2D eigenvalue weighted by atomic mass is 79.9. The van der Waals surface area contributed by atoms with Gasteiger partial charge in [0.25, 0.3) is 0 Å². The Hall–Kier alpha value is -0.960. The van der Waals surface area contributed by atoms with Crippen molar-refractivity contribution < 1.29 is 0 Å². The summed E-state index contributed by atoms with van der Waals surface area (Å²) in [6, 6.07) is 4.34. The van der Waals surface area contributed by atoms with Crippen molar-refractivity contribution in [2.75, 3.05) is 33.2 Å². The number of aryl methyl sites for hydroxylation is 1. The minimum absolute atomic E-state index is 0.751. The van der Waals surface area contributed by atoms with Crippen LogP contribution in [0.4, 0.5) is 0 Å². The number of halogens is 1. The number of hydrogen-bond acceptors (Lipinski definition) is 5. The summed E-state index contributed by atoms with van der Waals surface area (Å²) in [6.45, 7) is 8.09. The van der Waals surface area contributed by atoms with Crippen molar-refractivity contribution in [2.45, 2.75) is 26.4 Å². The number of rotatable bonds is 5. The van der Waals surface area contributed by atoms with E-state index in [1.54, 1.807) is 11.3 Å². The Balaban J connectivity index is 1.46. The van der Waals surface area contributed by atoms with Gasteiger partial charge in [-0.25, -0.2) is 4.98 Å². The minimum atomic E-state index is 0.751. The van der Waals surface area contributed by atoms with E-state index in [2.05, 4.69) is 60.1 Å². The van der Waals surface area contributed by atoms with E-state index in [1.165, 1.54) is 13.5 Å². The standard InChI is InChI=1S/C17H24BrN5S2/c1-3-13-10-20-16(25-13)11-21-17(19-2)23-8-6-22(7-9-23)12-14-4-5-15(18)24-14/h4-5,10H,3,6-9,11-12H2,1-2H3,(H,19,21). The molecule has 25 heavy (non-hydrogen) atoms. The van der Waals surface area contributed by atoms with Crippen LogP contribution in [0, 0.1) is 0 Å².